The summed E-state index contributed by atoms with van der Waals surface area (Å²) in [5.74, 6) is -1.37. The van der Waals surface area contributed by atoms with E-state index in [1.807, 2.05) is 43.1 Å². The average molecular weight is 639 g/mol. The lowest BCUT2D eigenvalue weighted by Crippen LogP contribution is -2.68. The van der Waals surface area contributed by atoms with Gasteiger partial charge in [0.2, 0.25) is 0 Å². The molecule has 14 heteroatoms. The summed E-state index contributed by atoms with van der Waals surface area (Å²) in [4.78, 5) is 36.6. The van der Waals surface area contributed by atoms with Crippen LogP contribution in [0.15, 0.2) is 48.7 Å². The van der Waals surface area contributed by atoms with Crippen molar-refractivity contribution in [2.45, 2.75) is 44.2 Å². The second-order valence-electron chi connectivity index (χ2n) is 11.7. The lowest BCUT2D eigenvalue weighted by molar-refractivity contribution is -0.143. The molecule has 5 rings (SSSR count). The summed E-state index contributed by atoms with van der Waals surface area (Å²) in [6.45, 7) is 5.29. The van der Waals surface area contributed by atoms with Crippen molar-refractivity contribution in [1.29, 1.82) is 0 Å². The minimum Gasteiger partial charge on any atom is -0.361 e. The Bertz CT molecular complexity index is 1480. The van der Waals surface area contributed by atoms with Crippen molar-refractivity contribution >= 4 is 22.7 Å². The molecule has 0 saturated carbocycles. The summed E-state index contributed by atoms with van der Waals surface area (Å²) < 4.78 is 82.2. The third-order valence-corrected chi connectivity index (χ3v) is 8.54. The number of piperazine rings is 2. The number of amides is 2. The van der Waals surface area contributed by atoms with Gasteiger partial charge in [-0.2, -0.15) is 26.3 Å². The zero-order valence-electron chi connectivity index (χ0n) is 25.0. The van der Waals surface area contributed by atoms with Gasteiger partial charge in [-0.3, -0.25) is 19.9 Å². The Hall–Kier alpha value is -3.62. The maximum atomic E-state index is 14.1. The van der Waals surface area contributed by atoms with E-state index in [4.69, 9.17) is 0 Å². The molecule has 0 spiro atoms. The molecule has 2 aliphatic heterocycles. The van der Waals surface area contributed by atoms with Gasteiger partial charge in [-0.05, 0) is 56.3 Å². The van der Waals surface area contributed by atoms with Crippen LogP contribution in [0.4, 0.5) is 26.3 Å². The number of aromatic nitrogens is 1. The molecule has 3 heterocycles. The number of nitrogens with one attached hydrogen (secondary N) is 2. The lowest BCUT2D eigenvalue weighted by atomic mass is 9.92. The first kappa shape index (κ1) is 32.8. The number of likely N-dealkylation sites (N-methyl/N-ethyl adjacent to an activating group) is 1. The predicted molar refractivity (Wildman–Crippen MR) is 156 cm³/mol. The minimum absolute atomic E-state index is 0.00564. The van der Waals surface area contributed by atoms with Crippen LogP contribution >= 0.6 is 0 Å². The summed E-state index contributed by atoms with van der Waals surface area (Å²) in [5.41, 5.74) is 0.703. The standard InChI is InChI=1S/C31H36F6N6O2/c1-3-8-41-11-14-43(29(45)20-15-22(30(32,33)34)18-23(16-20)31(35,36)37)26(17-21-19-38-25-7-5-4-6-24(21)25)27(41)28(44)39-42-12-9-40(2)10-13-42/h4-7,15-16,18-19,26-27,38H,3,8-14,17H2,1-2H3,(H,39,44). The number of fused-ring (bicyclic) bond motifs is 1. The Morgan fingerprint density at radius 2 is 1.56 bits per heavy atom. The number of alkyl halides is 6. The highest BCUT2D eigenvalue weighted by molar-refractivity contribution is 5.96. The fraction of sp³-hybridized carbons (Fsp3) is 0.484. The maximum Gasteiger partial charge on any atom is 0.416 e. The number of H-pyrrole nitrogens is 1. The number of nitrogens with zero attached hydrogens (tertiary/aromatic N) is 4. The Balaban J connectivity index is 1.57. The van der Waals surface area contributed by atoms with Gasteiger partial charge in [0.1, 0.15) is 6.04 Å². The van der Waals surface area contributed by atoms with Crippen LogP contribution in [-0.4, -0.2) is 101 Å². The molecule has 0 aliphatic carbocycles. The molecular formula is C31H36F6N6O2. The number of hydrogen-bond acceptors (Lipinski definition) is 5. The third-order valence-electron chi connectivity index (χ3n) is 8.54. The second-order valence-corrected chi connectivity index (χ2v) is 11.7. The Morgan fingerprint density at radius 3 is 2.18 bits per heavy atom. The number of halogens is 6. The first-order chi connectivity index (χ1) is 21.3. The molecule has 3 aromatic rings. The van der Waals surface area contributed by atoms with Crippen molar-refractivity contribution in [3.8, 4) is 0 Å². The molecule has 2 saturated heterocycles. The van der Waals surface area contributed by atoms with Crippen LogP contribution < -0.4 is 5.43 Å². The summed E-state index contributed by atoms with van der Waals surface area (Å²) in [5, 5.41) is 2.65. The average Bonchev–Trinajstić information content (AvgIpc) is 3.40. The molecular weight excluding hydrogens is 602 g/mol. The van der Waals surface area contributed by atoms with Crippen molar-refractivity contribution in [2.24, 2.45) is 0 Å². The molecule has 2 aliphatic rings. The van der Waals surface area contributed by atoms with Crippen molar-refractivity contribution < 1.29 is 35.9 Å². The van der Waals surface area contributed by atoms with E-state index in [1.165, 1.54) is 4.90 Å². The number of aromatic amines is 1. The molecule has 0 bridgehead atoms. The van der Waals surface area contributed by atoms with Gasteiger partial charge in [-0.25, -0.2) is 5.01 Å². The van der Waals surface area contributed by atoms with Crippen molar-refractivity contribution in [1.82, 2.24) is 30.1 Å². The van der Waals surface area contributed by atoms with Gasteiger partial charge >= 0.3 is 12.4 Å². The summed E-state index contributed by atoms with van der Waals surface area (Å²) in [6, 6.07) is 6.54. The quantitative estimate of drug-likeness (QED) is 0.370. The second kappa shape index (κ2) is 13.0. The molecule has 2 amide bonds. The highest BCUT2D eigenvalue weighted by Gasteiger charge is 2.45. The molecule has 2 fully saturated rings. The van der Waals surface area contributed by atoms with Crippen LogP contribution in [0.5, 0.6) is 0 Å². The van der Waals surface area contributed by atoms with E-state index in [1.54, 1.807) is 11.2 Å². The van der Waals surface area contributed by atoms with Crippen LogP contribution in [-0.2, 0) is 23.6 Å². The Labute approximate surface area is 256 Å². The van der Waals surface area contributed by atoms with E-state index in [2.05, 4.69) is 15.3 Å². The monoisotopic (exact) mass is 638 g/mol. The number of para-hydroxylation sites is 1. The molecule has 244 valence electrons. The summed E-state index contributed by atoms with van der Waals surface area (Å²) in [6.07, 6.45) is -7.63. The van der Waals surface area contributed by atoms with Crippen LogP contribution in [0.2, 0.25) is 0 Å². The molecule has 45 heavy (non-hydrogen) atoms. The lowest BCUT2D eigenvalue weighted by Gasteiger charge is -2.47. The highest BCUT2D eigenvalue weighted by Crippen LogP contribution is 2.37. The van der Waals surface area contributed by atoms with Crippen LogP contribution in [0, 0.1) is 0 Å². The van der Waals surface area contributed by atoms with E-state index in [0.717, 1.165) is 29.6 Å². The molecule has 1 aromatic heterocycles. The highest BCUT2D eigenvalue weighted by atomic mass is 19.4. The van der Waals surface area contributed by atoms with Crippen LogP contribution in [0.3, 0.4) is 0 Å². The first-order valence-corrected chi connectivity index (χ1v) is 14.9. The Kier molecular flexibility index (Phi) is 9.47. The predicted octanol–water partition coefficient (Wildman–Crippen LogP) is 4.63. The van der Waals surface area contributed by atoms with Crippen LogP contribution in [0.25, 0.3) is 10.9 Å². The van der Waals surface area contributed by atoms with E-state index in [0.29, 0.717) is 38.2 Å². The van der Waals surface area contributed by atoms with Gasteiger partial charge in [-0.15, -0.1) is 0 Å². The molecule has 2 N–H and O–H groups in total. The fourth-order valence-corrected chi connectivity index (χ4v) is 6.22. The van der Waals surface area contributed by atoms with E-state index in [9.17, 15) is 35.9 Å². The number of benzene rings is 2. The number of rotatable bonds is 7. The fourth-order valence-electron chi connectivity index (χ4n) is 6.22. The minimum atomic E-state index is -5.11. The third kappa shape index (κ3) is 7.28. The number of carbonyl (C=O) groups is 2. The van der Waals surface area contributed by atoms with E-state index < -0.39 is 47.0 Å². The van der Waals surface area contributed by atoms with Gasteiger partial charge in [-0.1, -0.05) is 25.1 Å². The van der Waals surface area contributed by atoms with Gasteiger partial charge in [0.25, 0.3) is 11.8 Å². The van der Waals surface area contributed by atoms with Gasteiger partial charge in [0, 0.05) is 61.9 Å². The largest absolute Gasteiger partial charge is 0.416 e. The maximum absolute atomic E-state index is 14.1. The van der Waals surface area contributed by atoms with Crippen LogP contribution in [0.1, 0.15) is 40.4 Å². The van der Waals surface area contributed by atoms with Gasteiger partial charge in [0.15, 0.2) is 0 Å². The van der Waals surface area contributed by atoms with Gasteiger partial charge in [0.05, 0.1) is 17.2 Å². The molecule has 2 atom stereocenters. The van der Waals surface area contributed by atoms with Gasteiger partial charge < -0.3 is 14.8 Å². The van der Waals surface area contributed by atoms with Crippen molar-refractivity contribution in [3.05, 3.63) is 70.9 Å². The molecule has 2 unspecified atom stereocenters. The molecule has 2 aromatic carbocycles. The zero-order valence-corrected chi connectivity index (χ0v) is 25.0. The Morgan fingerprint density at radius 1 is 0.911 bits per heavy atom. The number of hydrazine groups is 1. The number of carbonyl (C=O) groups excluding carboxylic acids is 2. The molecule has 8 nitrogen and oxygen atoms in total. The summed E-state index contributed by atoms with van der Waals surface area (Å²) >= 11 is 0. The topological polar surface area (TPSA) is 74.9 Å². The van der Waals surface area contributed by atoms with Crippen molar-refractivity contribution in [2.75, 3.05) is 52.9 Å². The molecule has 0 radical (unpaired) electrons. The van der Waals surface area contributed by atoms with E-state index in [-0.39, 0.29) is 31.5 Å². The van der Waals surface area contributed by atoms with E-state index >= 15 is 0 Å². The van der Waals surface area contributed by atoms with Crippen molar-refractivity contribution in [3.63, 3.8) is 0 Å². The zero-order chi connectivity index (χ0) is 32.5. The summed E-state index contributed by atoms with van der Waals surface area (Å²) in [7, 11) is 1.97. The smallest absolute Gasteiger partial charge is 0.361 e. The SMILES string of the molecule is CCCN1CCN(C(=O)c2cc(C(F)(F)F)cc(C(F)(F)F)c2)C(Cc2c[nH]c3ccccc23)C1C(=O)NN1CCN(C)CC1. The number of hydrogen-bond donors (Lipinski definition) is 2. The normalized spacial score (nSPS) is 20.9. The first-order valence-electron chi connectivity index (χ1n) is 14.9.